The highest BCUT2D eigenvalue weighted by Gasteiger charge is 2.27. The molecule has 0 amide bonds. The van der Waals surface area contributed by atoms with E-state index < -0.39 is 12.0 Å². The lowest BCUT2D eigenvalue weighted by Gasteiger charge is -2.40. The van der Waals surface area contributed by atoms with E-state index in [1.165, 1.54) is 24.5 Å². The lowest BCUT2D eigenvalue weighted by atomic mass is 10.0. The number of hydrogen-bond donors (Lipinski definition) is 2. The second-order valence-electron chi connectivity index (χ2n) is 7.99. The van der Waals surface area contributed by atoms with Crippen molar-refractivity contribution in [3.8, 4) is 23.1 Å². The molecule has 1 aromatic carbocycles. The molecule has 0 saturated carbocycles. The van der Waals surface area contributed by atoms with Gasteiger partial charge in [0.05, 0.1) is 21.1 Å². The number of ether oxygens (including phenoxy) is 1. The van der Waals surface area contributed by atoms with Crippen molar-refractivity contribution in [1.82, 2.24) is 20.2 Å². The topological polar surface area (TPSA) is 117 Å². The fraction of sp³-hybridized carbons (Fsp3) is 0.217. The SMILES string of the molecule is C[C@@H]1CCN1c1ncc(-c2n[nH]c3cc(F)c(O[C@H](N)c4c(Cl)cncc4Cl)cc23)cc1C#N. The molecule has 11 heteroatoms. The fourth-order valence-electron chi connectivity index (χ4n) is 3.95. The molecule has 1 aliphatic rings. The van der Waals surface area contributed by atoms with E-state index in [1.54, 1.807) is 12.3 Å². The number of H-pyrrole nitrogens is 1. The molecule has 0 aliphatic carbocycles. The molecule has 172 valence electrons. The molecule has 0 radical (unpaired) electrons. The smallest absolute Gasteiger partial charge is 0.177 e. The highest BCUT2D eigenvalue weighted by atomic mass is 35.5. The van der Waals surface area contributed by atoms with Crippen molar-refractivity contribution in [2.24, 2.45) is 5.73 Å². The van der Waals surface area contributed by atoms with Crippen molar-refractivity contribution in [2.75, 3.05) is 11.4 Å². The van der Waals surface area contributed by atoms with E-state index in [9.17, 15) is 9.65 Å². The van der Waals surface area contributed by atoms with Gasteiger partial charge in [-0.2, -0.15) is 10.4 Å². The van der Waals surface area contributed by atoms with Crippen LogP contribution >= 0.6 is 23.2 Å². The van der Waals surface area contributed by atoms with Crippen LogP contribution < -0.4 is 15.4 Å². The summed E-state index contributed by atoms with van der Waals surface area (Å²) < 4.78 is 20.5. The average Bonchev–Trinajstić information content (AvgIpc) is 3.21. The summed E-state index contributed by atoms with van der Waals surface area (Å²) in [6.07, 6.45) is 4.34. The van der Waals surface area contributed by atoms with Gasteiger partial charge in [0.25, 0.3) is 0 Å². The Morgan fingerprint density at radius 2 is 2.03 bits per heavy atom. The number of aromatic nitrogens is 4. The Labute approximate surface area is 204 Å². The first-order valence-electron chi connectivity index (χ1n) is 10.4. The molecule has 0 bridgehead atoms. The summed E-state index contributed by atoms with van der Waals surface area (Å²) in [5.41, 5.74) is 8.43. The second kappa shape index (κ2) is 8.72. The van der Waals surface area contributed by atoms with E-state index in [4.69, 9.17) is 33.7 Å². The van der Waals surface area contributed by atoms with E-state index >= 15 is 0 Å². The van der Waals surface area contributed by atoms with Crippen LogP contribution in [0, 0.1) is 17.1 Å². The van der Waals surface area contributed by atoms with Gasteiger partial charge in [-0.05, 0) is 25.5 Å². The number of benzene rings is 1. The molecule has 0 unspecified atom stereocenters. The van der Waals surface area contributed by atoms with Crippen molar-refractivity contribution in [3.63, 3.8) is 0 Å². The number of halogens is 3. The first-order chi connectivity index (χ1) is 16.4. The van der Waals surface area contributed by atoms with Crippen LogP contribution in [0.1, 0.15) is 30.7 Å². The van der Waals surface area contributed by atoms with Crippen LogP contribution in [-0.2, 0) is 0 Å². The van der Waals surface area contributed by atoms with Gasteiger partial charge in [0.2, 0.25) is 0 Å². The Balaban J connectivity index is 1.52. The minimum absolute atomic E-state index is 0.105. The molecule has 0 spiro atoms. The van der Waals surface area contributed by atoms with Crippen LogP contribution in [0.3, 0.4) is 0 Å². The lowest BCUT2D eigenvalue weighted by molar-refractivity contribution is 0.205. The predicted octanol–water partition coefficient (Wildman–Crippen LogP) is 4.97. The van der Waals surface area contributed by atoms with Crippen LogP contribution in [0.15, 0.2) is 36.8 Å². The van der Waals surface area contributed by atoms with Gasteiger partial charge in [0.1, 0.15) is 17.6 Å². The van der Waals surface area contributed by atoms with E-state index in [0.717, 1.165) is 13.0 Å². The van der Waals surface area contributed by atoms with Gasteiger partial charge in [0.15, 0.2) is 17.8 Å². The molecule has 2 atom stereocenters. The van der Waals surface area contributed by atoms with Gasteiger partial charge in [0, 0.05) is 53.8 Å². The van der Waals surface area contributed by atoms with Crippen LogP contribution in [-0.4, -0.2) is 32.8 Å². The predicted molar refractivity (Wildman–Crippen MR) is 127 cm³/mol. The molecule has 3 aromatic heterocycles. The van der Waals surface area contributed by atoms with Crippen molar-refractivity contribution < 1.29 is 9.13 Å². The molecule has 1 saturated heterocycles. The van der Waals surface area contributed by atoms with E-state index in [-0.39, 0.29) is 15.8 Å². The molecular weight excluding hydrogens is 480 g/mol. The minimum Gasteiger partial charge on any atom is -0.468 e. The first-order valence-corrected chi connectivity index (χ1v) is 11.2. The summed E-state index contributed by atoms with van der Waals surface area (Å²) in [6.45, 7) is 2.95. The summed E-state index contributed by atoms with van der Waals surface area (Å²) in [7, 11) is 0. The molecule has 5 rings (SSSR count). The molecule has 3 N–H and O–H groups in total. The molecule has 34 heavy (non-hydrogen) atoms. The van der Waals surface area contributed by atoms with Crippen LogP contribution in [0.5, 0.6) is 5.75 Å². The molecule has 1 fully saturated rings. The Morgan fingerprint density at radius 1 is 1.26 bits per heavy atom. The number of aromatic amines is 1. The lowest BCUT2D eigenvalue weighted by Crippen LogP contribution is -2.46. The second-order valence-corrected chi connectivity index (χ2v) is 8.81. The van der Waals surface area contributed by atoms with Gasteiger partial charge < -0.3 is 9.64 Å². The van der Waals surface area contributed by atoms with E-state index in [0.29, 0.717) is 45.1 Å². The highest BCUT2D eigenvalue weighted by Crippen LogP contribution is 2.36. The molecule has 4 aromatic rings. The number of hydrogen-bond acceptors (Lipinski definition) is 7. The Bertz CT molecular complexity index is 1430. The van der Waals surface area contributed by atoms with Crippen molar-refractivity contribution in [3.05, 3.63) is 63.8 Å². The maximum absolute atomic E-state index is 14.8. The summed E-state index contributed by atoms with van der Waals surface area (Å²) in [5.74, 6) is -0.0968. The third-order valence-electron chi connectivity index (χ3n) is 5.90. The largest absolute Gasteiger partial charge is 0.468 e. The van der Waals surface area contributed by atoms with E-state index in [2.05, 4.69) is 38.1 Å². The molecule has 4 heterocycles. The molecule has 1 aliphatic heterocycles. The first kappa shape index (κ1) is 22.3. The molecular formula is C23H18Cl2FN7O. The number of nitrogens with one attached hydrogen (secondary N) is 1. The normalized spacial score (nSPS) is 16.2. The minimum atomic E-state index is -1.13. The Morgan fingerprint density at radius 3 is 2.68 bits per heavy atom. The number of nitriles is 1. The monoisotopic (exact) mass is 497 g/mol. The average molecular weight is 498 g/mol. The van der Waals surface area contributed by atoms with Gasteiger partial charge in [-0.3, -0.25) is 15.8 Å². The highest BCUT2D eigenvalue weighted by molar-refractivity contribution is 6.35. The summed E-state index contributed by atoms with van der Waals surface area (Å²) in [4.78, 5) is 10.5. The number of fused-ring (bicyclic) bond motifs is 1. The summed E-state index contributed by atoms with van der Waals surface area (Å²) >= 11 is 12.3. The zero-order chi connectivity index (χ0) is 24.0. The Hall–Kier alpha value is -3.45. The zero-order valence-electron chi connectivity index (χ0n) is 17.9. The summed E-state index contributed by atoms with van der Waals surface area (Å²) in [5, 5.41) is 17.8. The number of rotatable bonds is 5. The van der Waals surface area contributed by atoms with Crippen molar-refractivity contribution in [1.29, 1.82) is 5.26 Å². The maximum atomic E-state index is 14.8. The third-order valence-corrected chi connectivity index (χ3v) is 6.50. The number of nitrogens with two attached hydrogens (primary N) is 1. The quantitative estimate of drug-likeness (QED) is 0.373. The van der Waals surface area contributed by atoms with Crippen molar-refractivity contribution >= 4 is 39.9 Å². The number of nitrogens with zero attached hydrogens (tertiary/aromatic N) is 5. The Kier molecular flexibility index (Phi) is 5.73. The van der Waals surface area contributed by atoms with Gasteiger partial charge in [-0.25, -0.2) is 9.37 Å². The van der Waals surface area contributed by atoms with Gasteiger partial charge in [-0.1, -0.05) is 23.2 Å². The summed E-state index contributed by atoms with van der Waals surface area (Å²) in [6, 6.07) is 7.04. The van der Waals surface area contributed by atoms with Crippen LogP contribution in [0.4, 0.5) is 10.2 Å². The van der Waals surface area contributed by atoms with Gasteiger partial charge >= 0.3 is 0 Å². The zero-order valence-corrected chi connectivity index (χ0v) is 19.4. The molecule has 8 nitrogen and oxygen atoms in total. The van der Waals surface area contributed by atoms with Crippen molar-refractivity contribution in [2.45, 2.75) is 25.6 Å². The standard InChI is InChI=1S/C23H18Cl2FN7O/c1-11-2-3-33(11)23-12(7-27)4-13(8-30-23)21-14-5-19(17(26)6-18(14)31-32-21)34-22(28)20-15(24)9-29-10-16(20)25/h4-6,8-11,22H,2-3,28H2,1H3,(H,31,32)/t11-,22+/m1/s1. The number of anilines is 1. The van der Waals surface area contributed by atoms with Crippen LogP contribution in [0.25, 0.3) is 22.2 Å². The maximum Gasteiger partial charge on any atom is 0.177 e. The fourth-order valence-corrected chi connectivity index (χ4v) is 4.53. The van der Waals surface area contributed by atoms with E-state index in [1.807, 2.05) is 0 Å². The third kappa shape index (κ3) is 3.80. The van der Waals surface area contributed by atoms with Crippen LogP contribution in [0.2, 0.25) is 10.0 Å². The van der Waals surface area contributed by atoms with Gasteiger partial charge in [-0.15, -0.1) is 0 Å². The number of pyridine rings is 2.